The molecule has 1 heterocycles. The molecule has 2 aromatic carbocycles. The summed E-state index contributed by atoms with van der Waals surface area (Å²) in [4.78, 5) is 73.4. The molecular formula is C35H45N5O6. The van der Waals surface area contributed by atoms with Gasteiger partial charge in [0.1, 0.15) is 12.1 Å². The monoisotopic (exact) mass is 631 g/mol. The summed E-state index contributed by atoms with van der Waals surface area (Å²) in [6, 6.07) is 12.5. The smallest absolute Gasteiger partial charge is 0.414 e. The van der Waals surface area contributed by atoms with Crippen LogP contribution in [0.2, 0.25) is 0 Å². The van der Waals surface area contributed by atoms with Crippen LogP contribution in [0, 0.1) is 5.92 Å². The van der Waals surface area contributed by atoms with Crippen LogP contribution in [-0.2, 0) is 14.3 Å². The molecule has 11 nitrogen and oxygen atoms in total. The Morgan fingerprint density at radius 1 is 0.826 bits per heavy atom. The number of Topliss-reactive ketones (excluding diaryl/α,β-unsaturated/α-hetero) is 1. The number of rotatable bonds is 8. The number of amides is 6. The Bertz CT molecular complexity index is 1470. The van der Waals surface area contributed by atoms with Crippen molar-refractivity contribution in [3.05, 3.63) is 48.5 Å². The summed E-state index contributed by atoms with van der Waals surface area (Å²) in [5, 5.41) is 2.78. The van der Waals surface area contributed by atoms with Gasteiger partial charge in [-0.15, -0.1) is 0 Å². The van der Waals surface area contributed by atoms with E-state index in [1.54, 1.807) is 69.1 Å². The van der Waals surface area contributed by atoms with Gasteiger partial charge in [0.05, 0.1) is 17.9 Å². The minimum atomic E-state index is -0.698. The molecule has 246 valence electrons. The van der Waals surface area contributed by atoms with E-state index < -0.39 is 36.2 Å². The zero-order valence-electron chi connectivity index (χ0n) is 27.3. The lowest BCUT2D eigenvalue weighted by Crippen LogP contribution is -2.54. The maximum atomic E-state index is 14.3. The van der Waals surface area contributed by atoms with Crippen molar-refractivity contribution in [1.29, 1.82) is 0 Å². The first kappa shape index (κ1) is 33.0. The van der Waals surface area contributed by atoms with Crippen molar-refractivity contribution in [2.45, 2.75) is 90.2 Å². The molecule has 5 rings (SSSR count). The lowest BCUT2D eigenvalue weighted by Gasteiger charge is -2.35. The van der Waals surface area contributed by atoms with Gasteiger partial charge >= 0.3 is 18.2 Å². The van der Waals surface area contributed by atoms with Crippen molar-refractivity contribution in [2.75, 3.05) is 40.2 Å². The topological polar surface area (TPSA) is 120 Å². The molecule has 0 atom stereocenters. The first-order valence-electron chi connectivity index (χ1n) is 16.3. The number of nitrogens with zero attached hydrogens (tertiary/aromatic N) is 4. The van der Waals surface area contributed by atoms with Crippen LogP contribution in [0.5, 0.6) is 0 Å². The van der Waals surface area contributed by atoms with Crippen molar-refractivity contribution >= 4 is 52.6 Å². The Balaban J connectivity index is 1.41. The van der Waals surface area contributed by atoms with Crippen molar-refractivity contribution < 1.29 is 28.7 Å². The minimum absolute atomic E-state index is 0.0328. The molecule has 46 heavy (non-hydrogen) atoms. The van der Waals surface area contributed by atoms with Gasteiger partial charge in [-0.3, -0.25) is 24.3 Å². The summed E-state index contributed by atoms with van der Waals surface area (Å²) in [6.07, 6.45) is 7.58. The summed E-state index contributed by atoms with van der Waals surface area (Å²) in [5.74, 6) is -0.735. The van der Waals surface area contributed by atoms with Crippen molar-refractivity contribution in [3.8, 4) is 0 Å². The van der Waals surface area contributed by atoms with Crippen LogP contribution < -0.4 is 20.0 Å². The number of hydrogen-bond donors (Lipinski definition) is 1. The first-order chi connectivity index (χ1) is 21.9. The van der Waals surface area contributed by atoms with Crippen LogP contribution in [-0.4, -0.2) is 66.5 Å². The number of fused-ring (bicyclic) bond motifs is 1. The normalized spacial score (nSPS) is 17.9. The van der Waals surface area contributed by atoms with Crippen LogP contribution in [0.4, 0.5) is 37.1 Å². The van der Waals surface area contributed by atoms with E-state index in [2.05, 4.69) is 5.32 Å². The van der Waals surface area contributed by atoms with E-state index >= 15 is 0 Å². The quantitative estimate of drug-likeness (QED) is 0.337. The molecule has 0 aromatic heterocycles. The number of urea groups is 2. The lowest BCUT2D eigenvalue weighted by atomic mass is 9.93. The predicted octanol–water partition coefficient (Wildman–Crippen LogP) is 6.96. The van der Waals surface area contributed by atoms with Gasteiger partial charge in [0.15, 0.2) is 5.78 Å². The SMILES string of the molecule is CN(C(=O)OC(C)(C)C)c1cccc(NC(=O)CN2C(=O)N(CC(=O)C3CCCC3)c3ccccc3N(C3CCCCC3)C2=O)c1. The molecule has 6 amide bonds. The number of carbonyl (C=O) groups is 5. The van der Waals surface area contributed by atoms with Gasteiger partial charge in [0.2, 0.25) is 5.91 Å². The second-order valence-corrected chi connectivity index (χ2v) is 13.5. The third kappa shape index (κ3) is 7.51. The fourth-order valence-electron chi connectivity index (χ4n) is 6.54. The molecule has 0 unspecified atom stereocenters. The number of carbonyl (C=O) groups excluding carboxylic acids is 5. The molecule has 3 aliphatic rings. The minimum Gasteiger partial charge on any atom is -0.443 e. The third-order valence-electron chi connectivity index (χ3n) is 8.88. The number of benzene rings is 2. The van der Waals surface area contributed by atoms with Gasteiger partial charge < -0.3 is 10.1 Å². The van der Waals surface area contributed by atoms with Crippen molar-refractivity contribution in [2.24, 2.45) is 5.92 Å². The fraction of sp³-hybridized carbons (Fsp3) is 0.514. The number of ketones is 1. The van der Waals surface area contributed by atoms with Crippen LogP contribution in [0.15, 0.2) is 48.5 Å². The summed E-state index contributed by atoms with van der Waals surface area (Å²) in [7, 11) is 1.57. The van der Waals surface area contributed by atoms with Crippen LogP contribution in [0.25, 0.3) is 0 Å². The summed E-state index contributed by atoms with van der Waals surface area (Å²) >= 11 is 0. The van der Waals surface area contributed by atoms with Gasteiger partial charge in [-0.05, 0) is 76.8 Å². The van der Waals surface area contributed by atoms with Crippen LogP contribution in [0.3, 0.4) is 0 Å². The molecule has 0 saturated heterocycles. The third-order valence-corrected chi connectivity index (χ3v) is 8.88. The molecule has 11 heteroatoms. The van der Waals surface area contributed by atoms with Crippen molar-refractivity contribution in [3.63, 3.8) is 0 Å². The van der Waals surface area contributed by atoms with E-state index in [0.717, 1.165) is 62.7 Å². The molecule has 1 aliphatic heterocycles. The van der Waals surface area contributed by atoms with Crippen molar-refractivity contribution in [1.82, 2.24) is 4.90 Å². The van der Waals surface area contributed by atoms with E-state index in [0.29, 0.717) is 22.7 Å². The largest absolute Gasteiger partial charge is 0.443 e. The Morgan fingerprint density at radius 3 is 2.15 bits per heavy atom. The standard InChI is InChI=1S/C35H45N5O6/c1-35(2,3)46-34(45)37(4)27-18-12-15-25(21-27)36-31(42)23-39-32(43)38(22-30(41)24-13-8-9-14-24)28-19-10-11-20-29(28)40(33(39)44)26-16-6-5-7-17-26/h10-12,15,18-21,24,26H,5-9,13-14,16-17,22-23H2,1-4H3,(H,36,42). The van der Waals surface area contributed by atoms with E-state index in [1.165, 1.54) is 9.80 Å². The van der Waals surface area contributed by atoms with Gasteiger partial charge in [-0.25, -0.2) is 19.3 Å². The highest BCUT2D eigenvalue weighted by molar-refractivity contribution is 6.16. The maximum absolute atomic E-state index is 14.3. The molecule has 0 spiro atoms. The second-order valence-electron chi connectivity index (χ2n) is 13.5. The highest BCUT2D eigenvalue weighted by Crippen LogP contribution is 2.39. The molecule has 2 fully saturated rings. The zero-order chi connectivity index (χ0) is 33.0. The number of para-hydroxylation sites is 2. The van der Waals surface area contributed by atoms with Gasteiger partial charge in [-0.1, -0.05) is 50.3 Å². The number of hydrogen-bond acceptors (Lipinski definition) is 6. The molecular weight excluding hydrogens is 586 g/mol. The lowest BCUT2D eigenvalue weighted by molar-refractivity contribution is -0.121. The molecule has 0 radical (unpaired) electrons. The van der Waals surface area contributed by atoms with Gasteiger partial charge in [-0.2, -0.15) is 0 Å². The fourth-order valence-corrected chi connectivity index (χ4v) is 6.54. The van der Waals surface area contributed by atoms with Gasteiger partial charge in [0.25, 0.3) is 0 Å². The first-order valence-corrected chi connectivity index (χ1v) is 16.3. The average molecular weight is 632 g/mol. The maximum Gasteiger partial charge on any atom is 0.414 e. The Kier molecular flexibility index (Phi) is 9.98. The molecule has 1 N–H and O–H groups in total. The molecule has 2 aromatic rings. The molecule has 2 saturated carbocycles. The number of ether oxygens (including phenoxy) is 1. The highest BCUT2D eigenvalue weighted by Gasteiger charge is 2.42. The highest BCUT2D eigenvalue weighted by atomic mass is 16.6. The summed E-state index contributed by atoms with van der Waals surface area (Å²) in [5.41, 5.74) is 1.27. The number of nitrogens with one attached hydrogen (secondary N) is 1. The summed E-state index contributed by atoms with van der Waals surface area (Å²) < 4.78 is 5.45. The average Bonchev–Trinajstić information content (AvgIpc) is 3.55. The van der Waals surface area contributed by atoms with E-state index in [-0.39, 0.29) is 24.3 Å². The number of imide groups is 1. The zero-order valence-corrected chi connectivity index (χ0v) is 27.3. The predicted molar refractivity (Wildman–Crippen MR) is 177 cm³/mol. The van der Waals surface area contributed by atoms with E-state index in [4.69, 9.17) is 4.74 Å². The summed E-state index contributed by atoms with van der Waals surface area (Å²) in [6.45, 7) is 4.63. The van der Waals surface area contributed by atoms with E-state index in [9.17, 15) is 24.0 Å². The van der Waals surface area contributed by atoms with Crippen LogP contribution in [0.1, 0.15) is 78.6 Å². The molecule has 0 bridgehead atoms. The Morgan fingerprint density at radius 2 is 1.48 bits per heavy atom. The Labute approximate surface area is 270 Å². The number of anilines is 4. The second kappa shape index (κ2) is 13.9. The Hall–Kier alpha value is -4.41. The van der Waals surface area contributed by atoms with E-state index in [1.807, 2.05) is 12.1 Å². The van der Waals surface area contributed by atoms with Crippen LogP contribution >= 0.6 is 0 Å². The van der Waals surface area contributed by atoms with Gasteiger partial charge in [0, 0.05) is 30.4 Å². The molecule has 2 aliphatic carbocycles.